The van der Waals surface area contributed by atoms with E-state index < -0.39 is 23.2 Å². The number of anilines is 2. The van der Waals surface area contributed by atoms with E-state index >= 15 is 0 Å². The van der Waals surface area contributed by atoms with Crippen LogP contribution in [0.25, 0.3) is 0 Å². The Morgan fingerprint density at radius 3 is 1.62 bits per heavy atom. The summed E-state index contributed by atoms with van der Waals surface area (Å²) in [7, 11) is 1.95. The number of amides is 4. The van der Waals surface area contributed by atoms with Gasteiger partial charge in [-0.15, -0.1) is 0 Å². The molecule has 0 fully saturated rings. The molecule has 0 bridgehead atoms. The second kappa shape index (κ2) is 12.2. The molecule has 2 aromatic heterocycles. The molecule has 0 spiro atoms. The summed E-state index contributed by atoms with van der Waals surface area (Å²) >= 11 is 0. The third kappa shape index (κ3) is 9.38. The first-order valence-corrected chi connectivity index (χ1v) is 10.2. The molecule has 13 heteroatoms. The zero-order chi connectivity index (χ0) is 23.5. The Kier molecular flexibility index (Phi) is 9.35. The topological polar surface area (TPSA) is 177 Å². The number of hydrogen-bond donors (Lipinski definition) is 6. The van der Waals surface area contributed by atoms with Crippen LogP contribution < -0.4 is 32.4 Å². The average molecular weight is 448 g/mol. The molecule has 174 valence electrons. The molecule has 0 atom stereocenters. The lowest BCUT2D eigenvalue weighted by molar-refractivity contribution is 0.250. The highest BCUT2D eigenvalue weighted by molar-refractivity contribution is 5.87. The zero-order valence-electron chi connectivity index (χ0n) is 18.4. The number of nitrogens with one attached hydrogen (secondary N) is 6. The predicted octanol–water partition coefficient (Wildman–Crippen LogP) is 0.125. The van der Waals surface area contributed by atoms with Gasteiger partial charge in [0.25, 0.3) is 11.1 Å². The van der Waals surface area contributed by atoms with E-state index in [4.69, 9.17) is 0 Å². The summed E-state index contributed by atoms with van der Waals surface area (Å²) in [6.07, 6.45) is 1.45. The third-order valence-electron chi connectivity index (χ3n) is 4.22. The van der Waals surface area contributed by atoms with Gasteiger partial charge < -0.3 is 25.5 Å². The minimum atomic E-state index is -0.443. The van der Waals surface area contributed by atoms with Gasteiger partial charge in [0.2, 0.25) is 11.9 Å². The molecule has 2 rings (SSSR count). The van der Waals surface area contributed by atoms with Gasteiger partial charge in [0.1, 0.15) is 0 Å². The van der Waals surface area contributed by atoms with Crippen molar-refractivity contribution in [1.29, 1.82) is 0 Å². The van der Waals surface area contributed by atoms with Gasteiger partial charge in [-0.25, -0.2) is 9.59 Å². The van der Waals surface area contributed by atoms with Crippen molar-refractivity contribution in [1.82, 2.24) is 35.5 Å². The standard InChI is InChI=1S/C19H29N9O4/c1-12-10-14(29)24-16(22-12)26-18(31)20-6-4-8-28(3)9-5-7-21-19(32)27-17-23-13(2)11-15(30)25-17/h10-11H,4-9H2,1-3H3,(H3,20,22,24,26,29,31)(H3,21,23,25,27,30,32). The van der Waals surface area contributed by atoms with Crippen molar-refractivity contribution >= 4 is 24.0 Å². The van der Waals surface area contributed by atoms with Gasteiger partial charge in [0.15, 0.2) is 0 Å². The minimum absolute atomic E-state index is 0.102. The normalized spacial score (nSPS) is 10.6. The number of urea groups is 2. The number of nitrogens with zero attached hydrogens (tertiary/aromatic N) is 3. The van der Waals surface area contributed by atoms with Gasteiger partial charge >= 0.3 is 12.1 Å². The summed E-state index contributed by atoms with van der Waals surface area (Å²) < 4.78 is 0. The Morgan fingerprint density at radius 1 is 0.844 bits per heavy atom. The van der Waals surface area contributed by atoms with Crippen molar-refractivity contribution in [2.24, 2.45) is 0 Å². The highest BCUT2D eigenvalue weighted by Crippen LogP contribution is 1.97. The van der Waals surface area contributed by atoms with E-state index in [1.54, 1.807) is 13.8 Å². The maximum absolute atomic E-state index is 11.9. The van der Waals surface area contributed by atoms with Crippen molar-refractivity contribution in [3.63, 3.8) is 0 Å². The van der Waals surface area contributed by atoms with E-state index in [1.807, 2.05) is 7.05 Å². The van der Waals surface area contributed by atoms with Gasteiger partial charge in [-0.3, -0.25) is 20.2 Å². The molecule has 0 saturated carbocycles. The molecule has 2 heterocycles. The van der Waals surface area contributed by atoms with Crippen molar-refractivity contribution < 1.29 is 9.59 Å². The number of rotatable bonds is 10. The highest BCUT2D eigenvalue weighted by Gasteiger charge is 2.06. The fourth-order valence-electron chi connectivity index (χ4n) is 2.79. The van der Waals surface area contributed by atoms with Crippen LogP contribution in [0, 0.1) is 13.8 Å². The predicted molar refractivity (Wildman–Crippen MR) is 120 cm³/mol. The Labute approximate surface area is 184 Å². The van der Waals surface area contributed by atoms with Crippen molar-refractivity contribution in [2.75, 3.05) is 43.9 Å². The molecule has 0 saturated heterocycles. The fraction of sp³-hybridized carbons (Fsp3) is 0.474. The van der Waals surface area contributed by atoms with Crippen LogP contribution in [0.1, 0.15) is 24.2 Å². The molecule has 0 aliphatic carbocycles. The lowest BCUT2D eigenvalue weighted by Gasteiger charge is -2.17. The smallest absolute Gasteiger partial charge is 0.321 e. The molecule has 0 aromatic carbocycles. The second-order valence-corrected chi connectivity index (χ2v) is 7.27. The Balaban J connectivity index is 1.55. The lowest BCUT2D eigenvalue weighted by atomic mass is 10.3. The van der Waals surface area contributed by atoms with Gasteiger partial charge in [-0.1, -0.05) is 0 Å². The SMILES string of the molecule is Cc1cc(=O)nc(NC(=O)NCCCN(C)CCCNC(=O)Nc2nc(=O)cc(C)[nH]2)[nH]1. The number of aryl methyl sites for hydroxylation is 2. The fourth-order valence-corrected chi connectivity index (χ4v) is 2.79. The zero-order valence-corrected chi connectivity index (χ0v) is 18.4. The van der Waals surface area contributed by atoms with E-state index in [0.29, 0.717) is 24.5 Å². The summed E-state index contributed by atoms with van der Waals surface area (Å²) in [5.74, 6) is 0.205. The van der Waals surface area contributed by atoms with E-state index in [-0.39, 0.29) is 11.9 Å². The number of aromatic amines is 2. The molecule has 0 aliphatic rings. The summed E-state index contributed by atoms with van der Waals surface area (Å²) in [4.78, 5) is 61.4. The molecular weight excluding hydrogens is 418 g/mol. The first-order valence-electron chi connectivity index (χ1n) is 10.2. The van der Waals surface area contributed by atoms with Crippen LogP contribution >= 0.6 is 0 Å². The highest BCUT2D eigenvalue weighted by atomic mass is 16.2. The molecule has 0 radical (unpaired) electrons. The van der Waals surface area contributed by atoms with E-state index in [1.165, 1.54) is 12.1 Å². The average Bonchev–Trinajstić information content (AvgIpc) is 2.67. The van der Waals surface area contributed by atoms with Crippen LogP contribution in [0.4, 0.5) is 21.5 Å². The Morgan fingerprint density at radius 2 is 1.25 bits per heavy atom. The third-order valence-corrected chi connectivity index (χ3v) is 4.22. The van der Waals surface area contributed by atoms with Crippen LogP contribution in [-0.4, -0.2) is 70.1 Å². The largest absolute Gasteiger partial charge is 0.338 e. The molecular formula is C19H29N9O4. The summed E-state index contributed by atoms with van der Waals surface area (Å²) in [5.41, 5.74) is 0.366. The quantitative estimate of drug-likeness (QED) is 0.280. The van der Waals surface area contributed by atoms with Crippen molar-refractivity contribution in [3.05, 3.63) is 44.2 Å². The molecule has 0 unspecified atom stereocenters. The van der Waals surface area contributed by atoms with Gasteiger partial charge in [0.05, 0.1) is 0 Å². The molecule has 2 aromatic rings. The van der Waals surface area contributed by atoms with E-state index in [0.717, 1.165) is 25.9 Å². The van der Waals surface area contributed by atoms with Gasteiger partial charge in [0, 0.05) is 36.6 Å². The number of aromatic nitrogens is 4. The maximum atomic E-state index is 11.9. The number of hydrogen-bond acceptors (Lipinski definition) is 7. The molecule has 13 nitrogen and oxygen atoms in total. The van der Waals surface area contributed by atoms with Crippen LogP contribution in [0.5, 0.6) is 0 Å². The minimum Gasteiger partial charge on any atom is -0.338 e. The first kappa shape index (κ1) is 24.5. The Bertz CT molecular complexity index is 952. The molecule has 4 amide bonds. The summed E-state index contributed by atoms with van der Waals surface area (Å²) in [6.45, 7) is 5.81. The summed E-state index contributed by atoms with van der Waals surface area (Å²) in [6, 6.07) is 1.79. The summed E-state index contributed by atoms with van der Waals surface area (Å²) in [5, 5.41) is 10.4. The molecule has 32 heavy (non-hydrogen) atoms. The number of H-pyrrole nitrogens is 2. The Hall–Kier alpha value is -3.74. The van der Waals surface area contributed by atoms with Crippen LogP contribution in [0.3, 0.4) is 0 Å². The van der Waals surface area contributed by atoms with E-state index in [9.17, 15) is 19.2 Å². The van der Waals surface area contributed by atoms with Gasteiger partial charge in [-0.2, -0.15) is 9.97 Å². The van der Waals surface area contributed by atoms with Crippen LogP contribution in [-0.2, 0) is 0 Å². The number of carbonyl (C=O) groups is 2. The molecule has 6 N–H and O–H groups in total. The number of carbonyl (C=O) groups excluding carboxylic acids is 2. The second-order valence-electron chi connectivity index (χ2n) is 7.27. The van der Waals surface area contributed by atoms with E-state index in [2.05, 4.69) is 46.1 Å². The lowest BCUT2D eigenvalue weighted by Crippen LogP contribution is -2.34. The van der Waals surface area contributed by atoms with Crippen molar-refractivity contribution in [3.8, 4) is 0 Å². The van der Waals surface area contributed by atoms with Gasteiger partial charge in [-0.05, 0) is 46.8 Å². The molecule has 0 aliphatic heterocycles. The van der Waals surface area contributed by atoms with Crippen molar-refractivity contribution in [2.45, 2.75) is 26.7 Å². The maximum Gasteiger partial charge on any atom is 0.321 e. The van der Waals surface area contributed by atoms with Crippen LogP contribution in [0.2, 0.25) is 0 Å². The monoisotopic (exact) mass is 447 g/mol. The first-order chi connectivity index (χ1) is 15.2. The van der Waals surface area contributed by atoms with Crippen LogP contribution in [0.15, 0.2) is 21.7 Å².